The highest BCUT2D eigenvalue weighted by atomic mass is 16.2. The topological polar surface area (TPSA) is 42.3 Å². The standard InChI is InChI=1S/C22H28N2O2/c1-15(2)24(16(3)4)22(26)19-9-7-18(8-10-19)13-17(5)20-11-12-21(25)23(6)14-20/h7-16H,1-6H3/b17-13+. The molecule has 4 heteroatoms. The van der Waals surface area contributed by atoms with Crippen molar-refractivity contribution in [1.29, 1.82) is 0 Å². The second kappa shape index (κ2) is 8.17. The van der Waals surface area contributed by atoms with Crippen molar-refractivity contribution in [3.05, 3.63) is 69.6 Å². The molecule has 2 rings (SSSR count). The fourth-order valence-electron chi connectivity index (χ4n) is 3.10. The fourth-order valence-corrected chi connectivity index (χ4v) is 3.10. The predicted molar refractivity (Wildman–Crippen MR) is 108 cm³/mol. The maximum absolute atomic E-state index is 12.7. The quantitative estimate of drug-likeness (QED) is 0.809. The Kier molecular flexibility index (Phi) is 6.19. The van der Waals surface area contributed by atoms with Gasteiger partial charge in [0.25, 0.3) is 5.91 Å². The molecular weight excluding hydrogens is 324 g/mol. The SMILES string of the molecule is C/C(=C\c1ccc(C(=O)N(C(C)C)C(C)C)cc1)c1ccc(=O)n(C)c1. The molecule has 0 unspecified atom stereocenters. The number of pyridine rings is 1. The van der Waals surface area contributed by atoms with Crippen LogP contribution in [-0.4, -0.2) is 27.5 Å². The number of aromatic nitrogens is 1. The average molecular weight is 352 g/mol. The molecule has 0 aliphatic heterocycles. The molecule has 4 nitrogen and oxygen atoms in total. The molecule has 0 radical (unpaired) electrons. The normalized spacial score (nSPS) is 11.9. The van der Waals surface area contributed by atoms with Crippen LogP contribution in [0.15, 0.2) is 47.4 Å². The Morgan fingerprint density at radius 1 is 0.962 bits per heavy atom. The number of aryl methyl sites for hydroxylation is 1. The van der Waals surface area contributed by atoms with Crippen molar-refractivity contribution in [3.8, 4) is 0 Å². The van der Waals surface area contributed by atoms with Crippen molar-refractivity contribution >= 4 is 17.6 Å². The molecule has 26 heavy (non-hydrogen) atoms. The van der Waals surface area contributed by atoms with Crippen LogP contribution in [0.3, 0.4) is 0 Å². The Morgan fingerprint density at radius 2 is 1.50 bits per heavy atom. The lowest BCUT2D eigenvalue weighted by atomic mass is 10.0. The van der Waals surface area contributed by atoms with Crippen LogP contribution in [0.5, 0.6) is 0 Å². The highest BCUT2D eigenvalue weighted by Gasteiger charge is 2.21. The predicted octanol–water partition coefficient (Wildman–Crippen LogP) is 4.20. The molecule has 0 fully saturated rings. The fraction of sp³-hybridized carbons (Fsp3) is 0.364. The zero-order valence-electron chi connectivity index (χ0n) is 16.5. The molecule has 0 atom stereocenters. The third kappa shape index (κ3) is 4.51. The van der Waals surface area contributed by atoms with Gasteiger partial charge >= 0.3 is 0 Å². The summed E-state index contributed by atoms with van der Waals surface area (Å²) in [5, 5.41) is 0. The summed E-state index contributed by atoms with van der Waals surface area (Å²) >= 11 is 0. The maximum atomic E-state index is 12.7. The molecule has 0 bridgehead atoms. The summed E-state index contributed by atoms with van der Waals surface area (Å²) in [6.07, 6.45) is 3.88. The lowest BCUT2D eigenvalue weighted by Gasteiger charge is -2.30. The first-order valence-electron chi connectivity index (χ1n) is 8.98. The molecular formula is C22H28N2O2. The maximum Gasteiger partial charge on any atom is 0.254 e. The summed E-state index contributed by atoms with van der Waals surface area (Å²) in [4.78, 5) is 26.1. The van der Waals surface area contributed by atoms with Crippen LogP contribution in [0, 0.1) is 0 Å². The molecule has 0 aliphatic carbocycles. The number of rotatable bonds is 5. The molecule has 0 spiro atoms. The van der Waals surface area contributed by atoms with Gasteiger partial charge in [-0.3, -0.25) is 9.59 Å². The van der Waals surface area contributed by atoms with Crippen LogP contribution in [0.2, 0.25) is 0 Å². The van der Waals surface area contributed by atoms with Gasteiger partial charge in [0.05, 0.1) is 0 Å². The minimum atomic E-state index is -0.0238. The van der Waals surface area contributed by atoms with E-state index in [2.05, 4.69) is 6.08 Å². The lowest BCUT2D eigenvalue weighted by Crippen LogP contribution is -2.42. The van der Waals surface area contributed by atoms with Crippen LogP contribution in [0.25, 0.3) is 11.6 Å². The van der Waals surface area contributed by atoms with E-state index in [-0.39, 0.29) is 23.6 Å². The molecule has 138 valence electrons. The van der Waals surface area contributed by atoms with Gasteiger partial charge < -0.3 is 9.47 Å². The van der Waals surface area contributed by atoms with E-state index in [1.165, 1.54) is 0 Å². The van der Waals surface area contributed by atoms with Crippen molar-refractivity contribution < 1.29 is 4.79 Å². The van der Waals surface area contributed by atoms with E-state index in [0.717, 1.165) is 16.7 Å². The number of carbonyl (C=O) groups is 1. The third-order valence-electron chi connectivity index (χ3n) is 4.43. The van der Waals surface area contributed by atoms with Gasteiger partial charge in [0.1, 0.15) is 0 Å². The minimum Gasteiger partial charge on any atom is -0.334 e. The first-order chi connectivity index (χ1) is 12.2. The van der Waals surface area contributed by atoms with Gasteiger partial charge in [0.2, 0.25) is 5.56 Å². The number of carbonyl (C=O) groups excluding carboxylic acids is 1. The number of hydrogen-bond acceptors (Lipinski definition) is 2. The molecule has 1 amide bonds. The molecule has 1 heterocycles. The van der Waals surface area contributed by atoms with Crippen LogP contribution >= 0.6 is 0 Å². The Bertz CT molecular complexity index is 850. The number of amides is 1. The second-order valence-corrected chi connectivity index (χ2v) is 7.22. The van der Waals surface area contributed by atoms with E-state index in [9.17, 15) is 9.59 Å². The average Bonchev–Trinajstić information content (AvgIpc) is 2.57. The molecule has 0 N–H and O–H groups in total. The minimum absolute atomic E-state index is 0.0238. The summed E-state index contributed by atoms with van der Waals surface area (Å²) in [5.74, 6) is 0.0558. The summed E-state index contributed by atoms with van der Waals surface area (Å²) in [5.41, 5.74) is 3.76. The molecule has 1 aromatic carbocycles. The smallest absolute Gasteiger partial charge is 0.254 e. The van der Waals surface area contributed by atoms with E-state index in [1.807, 2.05) is 76.0 Å². The van der Waals surface area contributed by atoms with Gasteiger partial charge in [-0.15, -0.1) is 0 Å². The summed E-state index contributed by atoms with van der Waals surface area (Å²) < 4.78 is 1.57. The van der Waals surface area contributed by atoms with Crippen molar-refractivity contribution in [2.24, 2.45) is 7.05 Å². The second-order valence-electron chi connectivity index (χ2n) is 7.22. The van der Waals surface area contributed by atoms with Crippen LogP contribution in [0.4, 0.5) is 0 Å². The van der Waals surface area contributed by atoms with Crippen molar-refractivity contribution in [1.82, 2.24) is 9.47 Å². The lowest BCUT2D eigenvalue weighted by molar-refractivity contribution is 0.0643. The van der Waals surface area contributed by atoms with E-state index >= 15 is 0 Å². The van der Waals surface area contributed by atoms with E-state index in [0.29, 0.717) is 5.56 Å². The number of hydrogen-bond donors (Lipinski definition) is 0. The zero-order chi connectivity index (χ0) is 19.4. The first-order valence-corrected chi connectivity index (χ1v) is 8.98. The summed E-state index contributed by atoms with van der Waals surface area (Å²) in [6, 6.07) is 11.4. The van der Waals surface area contributed by atoms with Crippen molar-refractivity contribution in [2.45, 2.75) is 46.7 Å². The van der Waals surface area contributed by atoms with E-state index < -0.39 is 0 Å². The van der Waals surface area contributed by atoms with Gasteiger partial charge in [-0.1, -0.05) is 18.2 Å². The molecule has 0 aliphatic rings. The first kappa shape index (κ1) is 19.7. The van der Waals surface area contributed by atoms with Gasteiger partial charge in [-0.2, -0.15) is 0 Å². The largest absolute Gasteiger partial charge is 0.334 e. The van der Waals surface area contributed by atoms with Gasteiger partial charge in [0, 0.05) is 37.0 Å². The van der Waals surface area contributed by atoms with E-state index in [4.69, 9.17) is 0 Å². The van der Waals surface area contributed by atoms with Gasteiger partial charge in [0.15, 0.2) is 0 Å². The van der Waals surface area contributed by atoms with Crippen LogP contribution in [0.1, 0.15) is 56.1 Å². The zero-order valence-corrected chi connectivity index (χ0v) is 16.5. The Hall–Kier alpha value is -2.62. The van der Waals surface area contributed by atoms with E-state index in [1.54, 1.807) is 17.7 Å². The van der Waals surface area contributed by atoms with Gasteiger partial charge in [-0.25, -0.2) is 0 Å². The van der Waals surface area contributed by atoms with Crippen LogP contribution in [-0.2, 0) is 7.05 Å². The highest BCUT2D eigenvalue weighted by molar-refractivity contribution is 5.95. The molecule has 0 saturated heterocycles. The molecule has 0 saturated carbocycles. The van der Waals surface area contributed by atoms with Crippen LogP contribution < -0.4 is 5.56 Å². The highest BCUT2D eigenvalue weighted by Crippen LogP contribution is 2.18. The summed E-state index contributed by atoms with van der Waals surface area (Å²) in [7, 11) is 1.74. The van der Waals surface area contributed by atoms with Crippen molar-refractivity contribution in [3.63, 3.8) is 0 Å². The Balaban J connectivity index is 2.24. The van der Waals surface area contributed by atoms with Gasteiger partial charge in [-0.05, 0) is 69.5 Å². The third-order valence-corrected chi connectivity index (χ3v) is 4.43. The summed E-state index contributed by atoms with van der Waals surface area (Å²) in [6.45, 7) is 10.1. The molecule has 2 aromatic rings. The number of allylic oxidation sites excluding steroid dienone is 1. The molecule has 1 aromatic heterocycles. The number of nitrogens with zero attached hydrogens (tertiary/aromatic N) is 2. The van der Waals surface area contributed by atoms with Crippen molar-refractivity contribution in [2.75, 3.05) is 0 Å². The number of benzene rings is 1. The monoisotopic (exact) mass is 352 g/mol. The Morgan fingerprint density at radius 3 is 2.00 bits per heavy atom. The Labute approximate surface area is 155 Å².